The van der Waals surface area contributed by atoms with Crippen molar-refractivity contribution in [3.05, 3.63) is 71.0 Å². The maximum Gasteiger partial charge on any atom is 0.241 e. The minimum atomic E-state index is -0.698. The second-order valence-corrected chi connectivity index (χ2v) is 4.73. The fourth-order valence-electron chi connectivity index (χ4n) is 1.83. The summed E-state index contributed by atoms with van der Waals surface area (Å²) in [7, 11) is 0. The van der Waals surface area contributed by atoms with E-state index in [9.17, 15) is 9.18 Å². The number of aryl methyl sites for hydroxylation is 1. The second-order valence-electron chi connectivity index (χ2n) is 4.73. The summed E-state index contributed by atoms with van der Waals surface area (Å²) in [5.41, 5.74) is 8.62. The first kappa shape index (κ1) is 14.2. The lowest BCUT2D eigenvalue weighted by Gasteiger charge is -2.13. The molecule has 0 saturated heterocycles. The predicted octanol–water partition coefficient (Wildman–Crippen LogP) is 2.45. The minimum absolute atomic E-state index is 0.252. The van der Waals surface area contributed by atoms with Gasteiger partial charge >= 0.3 is 0 Å². The molecule has 0 aliphatic heterocycles. The van der Waals surface area contributed by atoms with E-state index in [-0.39, 0.29) is 11.7 Å². The van der Waals surface area contributed by atoms with Gasteiger partial charge in [-0.1, -0.05) is 42.0 Å². The van der Waals surface area contributed by atoms with Gasteiger partial charge in [0.2, 0.25) is 5.91 Å². The summed E-state index contributed by atoms with van der Waals surface area (Å²) in [4.78, 5) is 12.0. The third-order valence-corrected chi connectivity index (χ3v) is 3.10. The molecule has 20 heavy (non-hydrogen) atoms. The highest BCUT2D eigenvalue weighted by Crippen LogP contribution is 2.12. The first-order chi connectivity index (χ1) is 9.56. The molecular formula is C16H17FN2O. The third-order valence-electron chi connectivity index (χ3n) is 3.10. The topological polar surface area (TPSA) is 55.1 Å². The standard InChI is InChI=1S/C16H17FN2O/c1-11-2-6-13(7-3-11)15(18)16(20)19-10-12-4-8-14(17)9-5-12/h2-9,15H,10,18H2,1H3,(H,19,20). The number of halogens is 1. The normalized spacial score (nSPS) is 11.9. The van der Waals surface area contributed by atoms with Gasteiger partial charge in [0.25, 0.3) is 0 Å². The Morgan fingerprint density at radius 3 is 2.35 bits per heavy atom. The minimum Gasteiger partial charge on any atom is -0.350 e. The van der Waals surface area contributed by atoms with Crippen LogP contribution >= 0.6 is 0 Å². The van der Waals surface area contributed by atoms with Crippen LogP contribution in [0.2, 0.25) is 0 Å². The number of carbonyl (C=O) groups is 1. The summed E-state index contributed by atoms with van der Waals surface area (Å²) in [5, 5.41) is 2.74. The van der Waals surface area contributed by atoms with Crippen LogP contribution < -0.4 is 11.1 Å². The highest BCUT2D eigenvalue weighted by atomic mass is 19.1. The van der Waals surface area contributed by atoms with E-state index >= 15 is 0 Å². The van der Waals surface area contributed by atoms with Crippen LogP contribution in [0.25, 0.3) is 0 Å². The Kier molecular flexibility index (Phi) is 4.48. The van der Waals surface area contributed by atoms with Gasteiger partial charge in [-0.3, -0.25) is 4.79 Å². The Hall–Kier alpha value is -2.20. The smallest absolute Gasteiger partial charge is 0.241 e. The molecule has 0 aromatic heterocycles. The van der Waals surface area contributed by atoms with Crippen molar-refractivity contribution in [2.75, 3.05) is 0 Å². The summed E-state index contributed by atoms with van der Waals surface area (Å²) in [6.45, 7) is 2.31. The molecule has 104 valence electrons. The summed E-state index contributed by atoms with van der Waals surface area (Å²) < 4.78 is 12.8. The van der Waals surface area contributed by atoms with Crippen LogP contribution in [0, 0.1) is 12.7 Å². The molecule has 0 fully saturated rings. The van der Waals surface area contributed by atoms with E-state index in [1.54, 1.807) is 12.1 Å². The van der Waals surface area contributed by atoms with Gasteiger partial charge in [-0.2, -0.15) is 0 Å². The molecule has 0 radical (unpaired) electrons. The van der Waals surface area contributed by atoms with Crippen molar-refractivity contribution in [1.82, 2.24) is 5.32 Å². The van der Waals surface area contributed by atoms with Crippen molar-refractivity contribution in [2.24, 2.45) is 5.73 Å². The van der Waals surface area contributed by atoms with Crippen molar-refractivity contribution in [3.63, 3.8) is 0 Å². The van der Waals surface area contributed by atoms with Crippen molar-refractivity contribution >= 4 is 5.91 Å². The van der Waals surface area contributed by atoms with E-state index in [0.717, 1.165) is 16.7 Å². The molecule has 0 saturated carbocycles. The van der Waals surface area contributed by atoms with Crippen LogP contribution in [0.15, 0.2) is 48.5 Å². The molecule has 1 amide bonds. The number of amides is 1. The molecule has 1 atom stereocenters. The lowest BCUT2D eigenvalue weighted by molar-refractivity contribution is -0.122. The van der Waals surface area contributed by atoms with Crippen molar-refractivity contribution < 1.29 is 9.18 Å². The van der Waals surface area contributed by atoms with Crippen LogP contribution in [0.4, 0.5) is 4.39 Å². The molecular weight excluding hydrogens is 255 g/mol. The van der Waals surface area contributed by atoms with E-state index in [0.29, 0.717) is 6.54 Å². The van der Waals surface area contributed by atoms with Crippen LogP contribution in [0.1, 0.15) is 22.7 Å². The molecule has 3 N–H and O–H groups in total. The number of nitrogens with two attached hydrogens (primary N) is 1. The Morgan fingerprint density at radius 2 is 1.75 bits per heavy atom. The molecule has 0 spiro atoms. The number of hydrogen-bond acceptors (Lipinski definition) is 2. The fourth-order valence-corrected chi connectivity index (χ4v) is 1.83. The average molecular weight is 272 g/mol. The lowest BCUT2D eigenvalue weighted by atomic mass is 10.1. The van der Waals surface area contributed by atoms with Gasteiger partial charge in [-0.15, -0.1) is 0 Å². The highest BCUT2D eigenvalue weighted by molar-refractivity contribution is 5.82. The Labute approximate surface area is 117 Å². The van der Waals surface area contributed by atoms with E-state index in [2.05, 4.69) is 5.32 Å². The maximum atomic E-state index is 12.8. The SMILES string of the molecule is Cc1ccc(C(N)C(=O)NCc2ccc(F)cc2)cc1. The molecule has 4 heteroatoms. The summed E-state index contributed by atoms with van der Waals surface area (Å²) in [6.07, 6.45) is 0. The summed E-state index contributed by atoms with van der Waals surface area (Å²) in [5.74, 6) is -0.547. The molecule has 2 rings (SSSR count). The van der Waals surface area contributed by atoms with Gasteiger partial charge in [0.1, 0.15) is 11.9 Å². The van der Waals surface area contributed by atoms with Gasteiger partial charge < -0.3 is 11.1 Å². The lowest BCUT2D eigenvalue weighted by Crippen LogP contribution is -2.33. The zero-order valence-electron chi connectivity index (χ0n) is 11.3. The van der Waals surface area contributed by atoms with Gasteiger partial charge in [0, 0.05) is 6.54 Å². The molecule has 2 aromatic carbocycles. The molecule has 0 aliphatic rings. The quantitative estimate of drug-likeness (QED) is 0.898. The van der Waals surface area contributed by atoms with Gasteiger partial charge in [0.15, 0.2) is 0 Å². The van der Waals surface area contributed by atoms with E-state index in [1.807, 2.05) is 31.2 Å². The molecule has 3 nitrogen and oxygen atoms in total. The third kappa shape index (κ3) is 3.65. The molecule has 0 heterocycles. The Balaban J connectivity index is 1.94. The second kappa shape index (κ2) is 6.30. The number of carbonyl (C=O) groups excluding carboxylic acids is 1. The van der Waals surface area contributed by atoms with Crippen LogP contribution in [0.5, 0.6) is 0 Å². The maximum absolute atomic E-state index is 12.8. The van der Waals surface area contributed by atoms with Gasteiger partial charge in [-0.05, 0) is 30.2 Å². The van der Waals surface area contributed by atoms with E-state index in [4.69, 9.17) is 5.73 Å². The monoisotopic (exact) mass is 272 g/mol. The first-order valence-electron chi connectivity index (χ1n) is 6.40. The summed E-state index contributed by atoms with van der Waals surface area (Å²) >= 11 is 0. The van der Waals surface area contributed by atoms with Gasteiger partial charge in [-0.25, -0.2) is 4.39 Å². The first-order valence-corrected chi connectivity index (χ1v) is 6.40. The fraction of sp³-hybridized carbons (Fsp3) is 0.188. The number of rotatable bonds is 4. The van der Waals surface area contributed by atoms with Crippen LogP contribution in [-0.2, 0) is 11.3 Å². The zero-order valence-corrected chi connectivity index (χ0v) is 11.3. The largest absolute Gasteiger partial charge is 0.350 e. The highest BCUT2D eigenvalue weighted by Gasteiger charge is 2.14. The van der Waals surface area contributed by atoms with Gasteiger partial charge in [0.05, 0.1) is 0 Å². The van der Waals surface area contributed by atoms with Crippen LogP contribution in [0.3, 0.4) is 0 Å². The van der Waals surface area contributed by atoms with Crippen molar-refractivity contribution in [3.8, 4) is 0 Å². The molecule has 0 aliphatic carbocycles. The number of benzene rings is 2. The number of nitrogens with one attached hydrogen (secondary N) is 1. The molecule has 2 aromatic rings. The van der Waals surface area contributed by atoms with E-state index in [1.165, 1.54) is 12.1 Å². The number of hydrogen-bond donors (Lipinski definition) is 2. The summed E-state index contributed by atoms with van der Waals surface area (Å²) in [6, 6.07) is 12.8. The van der Waals surface area contributed by atoms with Crippen molar-refractivity contribution in [2.45, 2.75) is 19.5 Å². The predicted molar refractivity (Wildman–Crippen MR) is 76.4 cm³/mol. The Morgan fingerprint density at radius 1 is 1.15 bits per heavy atom. The van der Waals surface area contributed by atoms with Crippen LogP contribution in [-0.4, -0.2) is 5.91 Å². The Bertz CT molecular complexity index is 578. The zero-order chi connectivity index (χ0) is 14.5. The van der Waals surface area contributed by atoms with Crippen molar-refractivity contribution in [1.29, 1.82) is 0 Å². The molecule has 1 unspecified atom stereocenters. The van der Waals surface area contributed by atoms with E-state index < -0.39 is 6.04 Å². The average Bonchev–Trinajstić information content (AvgIpc) is 2.46. The molecule has 0 bridgehead atoms.